The van der Waals surface area contributed by atoms with Crippen LogP contribution in [0.4, 0.5) is 11.4 Å². The molecule has 0 heterocycles. The molecule has 4 rings (SSSR count). The summed E-state index contributed by atoms with van der Waals surface area (Å²) in [6.45, 7) is 0. The fraction of sp³-hybridized carbons (Fsp3) is 0.0714. The van der Waals surface area contributed by atoms with Gasteiger partial charge in [0.05, 0.1) is 29.7 Å². The van der Waals surface area contributed by atoms with Gasteiger partial charge >= 0.3 is 11.9 Å². The summed E-state index contributed by atoms with van der Waals surface area (Å²) in [7, 11) is 1.28. The third-order valence-electron chi connectivity index (χ3n) is 5.47. The van der Waals surface area contributed by atoms with Crippen LogP contribution < -0.4 is 10.6 Å². The van der Waals surface area contributed by atoms with Crippen LogP contribution in [-0.4, -0.2) is 41.7 Å². The van der Waals surface area contributed by atoms with E-state index < -0.39 is 17.8 Å². The fourth-order valence-corrected chi connectivity index (χ4v) is 4.46. The number of rotatable bonds is 8. The maximum atomic E-state index is 13.0. The monoisotopic (exact) mass is 514 g/mol. The van der Waals surface area contributed by atoms with Gasteiger partial charge in [-0.2, -0.15) is 0 Å². The van der Waals surface area contributed by atoms with Gasteiger partial charge in [-0.05, 0) is 53.9 Å². The molecular weight excluding hydrogens is 492 g/mol. The van der Waals surface area contributed by atoms with E-state index in [4.69, 9.17) is 4.74 Å². The lowest BCUT2D eigenvalue weighted by molar-refractivity contribution is -0.113. The predicted octanol–water partition coefficient (Wildman–Crippen LogP) is 5.31. The van der Waals surface area contributed by atoms with E-state index in [1.807, 2.05) is 0 Å². The van der Waals surface area contributed by atoms with Gasteiger partial charge in [0.2, 0.25) is 5.91 Å². The van der Waals surface area contributed by atoms with Crippen molar-refractivity contribution in [2.45, 2.75) is 4.90 Å². The van der Waals surface area contributed by atoms with Gasteiger partial charge in [0.1, 0.15) is 0 Å². The Labute approximate surface area is 216 Å². The minimum absolute atomic E-state index is 0.0579. The van der Waals surface area contributed by atoms with Crippen LogP contribution in [0.2, 0.25) is 0 Å². The number of benzene rings is 4. The van der Waals surface area contributed by atoms with Crippen molar-refractivity contribution in [1.29, 1.82) is 0 Å². The molecule has 0 saturated heterocycles. The first-order valence-corrected chi connectivity index (χ1v) is 12.1. The molecule has 0 radical (unpaired) electrons. The molecule has 4 aromatic carbocycles. The highest BCUT2D eigenvalue weighted by Gasteiger charge is 2.17. The standard InChI is InChI=1S/C28H22N2O6S/c1-36-28(35)20-8-2-3-11-23(20)30-24(31)16-37-19-14-12-18(13-15-19)29-26(32)21-9-4-6-17-7-5-10-22(25(17)21)27(33)34/h2-15H,16H2,1H3,(H,29,32)(H,30,31)(H,33,34). The Morgan fingerprint density at radius 3 is 2.11 bits per heavy atom. The largest absolute Gasteiger partial charge is 0.478 e. The Bertz CT molecular complexity index is 1500. The number of aromatic carboxylic acids is 1. The number of methoxy groups -OCH3 is 1. The molecule has 9 heteroatoms. The number of para-hydroxylation sites is 1. The van der Waals surface area contributed by atoms with Crippen molar-refractivity contribution in [2.75, 3.05) is 23.5 Å². The van der Waals surface area contributed by atoms with Crippen LogP contribution in [0.25, 0.3) is 10.8 Å². The molecular formula is C28H22N2O6S. The van der Waals surface area contributed by atoms with Crippen molar-refractivity contribution >= 4 is 57.7 Å². The van der Waals surface area contributed by atoms with Crippen molar-refractivity contribution in [2.24, 2.45) is 0 Å². The third kappa shape index (κ3) is 5.96. The molecule has 0 aliphatic rings. The topological polar surface area (TPSA) is 122 Å². The number of amides is 2. The Hall–Kier alpha value is -4.63. The first-order valence-electron chi connectivity index (χ1n) is 11.1. The number of thioether (sulfide) groups is 1. The minimum atomic E-state index is -1.11. The Morgan fingerprint density at radius 1 is 0.784 bits per heavy atom. The van der Waals surface area contributed by atoms with E-state index >= 15 is 0 Å². The summed E-state index contributed by atoms with van der Waals surface area (Å²) in [4.78, 5) is 49.7. The molecule has 4 aromatic rings. The molecule has 0 bridgehead atoms. The number of hydrogen-bond acceptors (Lipinski definition) is 6. The predicted molar refractivity (Wildman–Crippen MR) is 142 cm³/mol. The molecule has 0 spiro atoms. The fourth-order valence-electron chi connectivity index (χ4n) is 3.76. The second kappa shape index (κ2) is 11.4. The smallest absolute Gasteiger partial charge is 0.339 e. The average Bonchev–Trinajstić information content (AvgIpc) is 2.91. The van der Waals surface area contributed by atoms with Crippen LogP contribution in [0.5, 0.6) is 0 Å². The molecule has 0 saturated carbocycles. The lowest BCUT2D eigenvalue weighted by Crippen LogP contribution is -2.17. The molecule has 0 aliphatic heterocycles. The number of anilines is 2. The molecule has 0 unspecified atom stereocenters. The zero-order chi connectivity index (χ0) is 26.4. The van der Waals surface area contributed by atoms with Crippen molar-refractivity contribution < 1.29 is 29.0 Å². The molecule has 186 valence electrons. The molecule has 3 N–H and O–H groups in total. The lowest BCUT2D eigenvalue weighted by Gasteiger charge is -2.11. The number of hydrogen-bond donors (Lipinski definition) is 3. The summed E-state index contributed by atoms with van der Waals surface area (Å²) in [6, 6.07) is 23.5. The van der Waals surface area contributed by atoms with Crippen LogP contribution in [0.3, 0.4) is 0 Å². The lowest BCUT2D eigenvalue weighted by atomic mass is 9.98. The first-order chi connectivity index (χ1) is 17.9. The highest BCUT2D eigenvalue weighted by atomic mass is 32.2. The normalized spacial score (nSPS) is 10.5. The van der Waals surface area contributed by atoms with Crippen LogP contribution in [0.15, 0.2) is 89.8 Å². The number of carbonyl (C=O) groups is 4. The molecule has 2 amide bonds. The van der Waals surface area contributed by atoms with Gasteiger partial charge in [-0.1, -0.05) is 36.4 Å². The number of carbonyl (C=O) groups excluding carboxylic acids is 3. The number of esters is 1. The molecule has 0 aromatic heterocycles. The summed E-state index contributed by atoms with van der Waals surface area (Å²) in [6.07, 6.45) is 0. The van der Waals surface area contributed by atoms with E-state index in [0.717, 1.165) is 4.90 Å². The summed E-state index contributed by atoms with van der Waals surface area (Å²) in [5.74, 6) is -2.25. The van der Waals surface area contributed by atoms with Crippen LogP contribution in [0.1, 0.15) is 31.1 Å². The van der Waals surface area contributed by atoms with Crippen LogP contribution in [-0.2, 0) is 9.53 Å². The van der Waals surface area contributed by atoms with Crippen LogP contribution >= 0.6 is 11.8 Å². The van der Waals surface area contributed by atoms with Crippen molar-refractivity contribution in [3.05, 3.63) is 102 Å². The van der Waals surface area contributed by atoms with Crippen molar-refractivity contribution in [3.63, 3.8) is 0 Å². The number of carboxylic acids is 1. The molecule has 37 heavy (non-hydrogen) atoms. The first kappa shape index (κ1) is 25.5. The minimum Gasteiger partial charge on any atom is -0.478 e. The van der Waals surface area contributed by atoms with E-state index in [2.05, 4.69) is 10.6 Å². The zero-order valence-electron chi connectivity index (χ0n) is 19.7. The van der Waals surface area contributed by atoms with Gasteiger partial charge in [0.25, 0.3) is 5.91 Å². The molecule has 8 nitrogen and oxygen atoms in total. The summed E-state index contributed by atoms with van der Waals surface area (Å²) >= 11 is 1.29. The molecule has 0 fully saturated rings. The summed E-state index contributed by atoms with van der Waals surface area (Å²) in [5, 5.41) is 16.1. The molecule has 0 aliphatic carbocycles. The quantitative estimate of drug-likeness (QED) is 0.215. The second-order valence-electron chi connectivity index (χ2n) is 7.87. The number of carboxylic acid groups (broad SMARTS) is 1. The Kier molecular flexibility index (Phi) is 7.85. The van der Waals surface area contributed by atoms with E-state index in [0.29, 0.717) is 22.1 Å². The van der Waals surface area contributed by atoms with Gasteiger partial charge in [-0.25, -0.2) is 9.59 Å². The summed E-state index contributed by atoms with van der Waals surface area (Å²) < 4.78 is 4.74. The Balaban J connectivity index is 1.40. The van der Waals surface area contributed by atoms with Gasteiger partial charge in [-0.3, -0.25) is 9.59 Å². The maximum Gasteiger partial charge on any atom is 0.339 e. The summed E-state index contributed by atoms with van der Waals surface area (Å²) in [5.41, 5.74) is 1.48. The van der Waals surface area contributed by atoms with E-state index in [1.54, 1.807) is 78.9 Å². The second-order valence-corrected chi connectivity index (χ2v) is 8.92. The number of fused-ring (bicyclic) bond motifs is 1. The maximum absolute atomic E-state index is 13.0. The van der Waals surface area contributed by atoms with Crippen LogP contribution in [0, 0.1) is 0 Å². The van der Waals surface area contributed by atoms with E-state index in [-0.39, 0.29) is 28.4 Å². The average molecular weight is 515 g/mol. The highest BCUT2D eigenvalue weighted by Crippen LogP contribution is 2.26. The van der Waals surface area contributed by atoms with E-state index in [1.165, 1.54) is 24.9 Å². The highest BCUT2D eigenvalue weighted by molar-refractivity contribution is 8.00. The van der Waals surface area contributed by atoms with Gasteiger partial charge in [0, 0.05) is 21.5 Å². The number of ether oxygens (including phenoxy) is 1. The molecule has 0 atom stereocenters. The van der Waals surface area contributed by atoms with Gasteiger partial charge in [0.15, 0.2) is 0 Å². The van der Waals surface area contributed by atoms with Gasteiger partial charge in [-0.15, -0.1) is 11.8 Å². The van der Waals surface area contributed by atoms with Crippen molar-refractivity contribution in [3.8, 4) is 0 Å². The third-order valence-corrected chi connectivity index (χ3v) is 6.48. The SMILES string of the molecule is COC(=O)c1ccccc1NC(=O)CSc1ccc(NC(=O)c2cccc3cccc(C(=O)O)c23)cc1. The van der Waals surface area contributed by atoms with Crippen molar-refractivity contribution in [1.82, 2.24) is 0 Å². The zero-order valence-corrected chi connectivity index (χ0v) is 20.5. The van der Waals surface area contributed by atoms with E-state index in [9.17, 15) is 24.3 Å². The van der Waals surface area contributed by atoms with Gasteiger partial charge < -0.3 is 20.5 Å². The Morgan fingerprint density at radius 2 is 1.43 bits per heavy atom. The number of nitrogens with one attached hydrogen (secondary N) is 2.